The van der Waals surface area contributed by atoms with Gasteiger partial charge in [0, 0.05) is 24.7 Å². The summed E-state index contributed by atoms with van der Waals surface area (Å²) in [6.45, 7) is 9.93. The van der Waals surface area contributed by atoms with E-state index in [4.69, 9.17) is 0 Å². The van der Waals surface area contributed by atoms with Crippen LogP contribution >= 0.6 is 0 Å². The van der Waals surface area contributed by atoms with Crippen molar-refractivity contribution in [2.75, 3.05) is 13.1 Å². The van der Waals surface area contributed by atoms with Gasteiger partial charge in [-0.1, -0.05) is 39.8 Å². The van der Waals surface area contributed by atoms with Crippen LogP contribution < -0.4 is 10.6 Å². The molecule has 3 heteroatoms. The molecular weight excluding hydrogens is 224 g/mol. The van der Waals surface area contributed by atoms with Crippen LogP contribution in [0, 0.1) is 0 Å². The maximum Gasteiger partial charge on any atom is 0.251 e. The van der Waals surface area contributed by atoms with E-state index in [1.165, 1.54) is 5.56 Å². The Labute approximate surface area is 110 Å². The second kappa shape index (κ2) is 7.17. The molecule has 0 aliphatic heterocycles. The van der Waals surface area contributed by atoms with E-state index in [0.29, 0.717) is 18.5 Å². The highest BCUT2D eigenvalue weighted by molar-refractivity contribution is 5.94. The van der Waals surface area contributed by atoms with Gasteiger partial charge < -0.3 is 10.6 Å². The zero-order valence-corrected chi connectivity index (χ0v) is 11.8. The Morgan fingerprint density at radius 3 is 2.17 bits per heavy atom. The van der Waals surface area contributed by atoms with Crippen LogP contribution in [0.4, 0.5) is 0 Å². The summed E-state index contributed by atoms with van der Waals surface area (Å²) in [5, 5.41) is 6.16. The summed E-state index contributed by atoms with van der Waals surface area (Å²) < 4.78 is 0. The van der Waals surface area contributed by atoms with Gasteiger partial charge >= 0.3 is 0 Å². The second-order valence-corrected chi connectivity index (χ2v) is 5.14. The lowest BCUT2D eigenvalue weighted by Gasteiger charge is -2.10. The van der Waals surface area contributed by atoms with Gasteiger partial charge in [0.2, 0.25) is 0 Å². The van der Waals surface area contributed by atoms with E-state index in [1.807, 2.05) is 24.3 Å². The predicted molar refractivity (Wildman–Crippen MR) is 76.0 cm³/mol. The average Bonchev–Trinajstić information content (AvgIpc) is 2.34. The minimum atomic E-state index is -0.00383. The molecule has 2 N–H and O–H groups in total. The monoisotopic (exact) mass is 248 g/mol. The molecule has 0 spiro atoms. The summed E-state index contributed by atoms with van der Waals surface area (Å²) in [5.74, 6) is 0.494. The molecule has 100 valence electrons. The van der Waals surface area contributed by atoms with Crippen molar-refractivity contribution in [3.05, 3.63) is 35.4 Å². The van der Waals surface area contributed by atoms with Crippen molar-refractivity contribution in [2.24, 2.45) is 0 Å². The number of benzene rings is 1. The van der Waals surface area contributed by atoms with Gasteiger partial charge in [0.1, 0.15) is 0 Å². The number of hydrogen-bond donors (Lipinski definition) is 2. The lowest BCUT2D eigenvalue weighted by Crippen LogP contribution is -2.34. The summed E-state index contributed by atoms with van der Waals surface area (Å²) in [7, 11) is 0. The molecule has 0 unspecified atom stereocenters. The molecule has 0 saturated heterocycles. The highest BCUT2D eigenvalue weighted by atomic mass is 16.1. The van der Waals surface area contributed by atoms with Crippen LogP contribution in [-0.4, -0.2) is 25.0 Å². The van der Waals surface area contributed by atoms with Gasteiger partial charge in [0.15, 0.2) is 0 Å². The molecule has 0 radical (unpaired) electrons. The highest BCUT2D eigenvalue weighted by Crippen LogP contribution is 2.14. The molecule has 0 atom stereocenters. The van der Waals surface area contributed by atoms with Crippen LogP contribution in [0.2, 0.25) is 0 Å². The van der Waals surface area contributed by atoms with Gasteiger partial charge in [-0.05, 0) is 23.6 Å². The van der Waals surface area contributed by atoms with Crippen LogP contribution in [0.3, 0.4) is 0 Å². The third-order valence-corrected chi connectivity index (χ3v) is 2.80. The first kappa shape index (κ1) is 14.7. The standard InChI is InChI=1S/C15H24N2O/c1-11(2)13-5-7-14(8-6-13)15(18)17-10-9-16-12(3)4/h5-8,11-12,16H,9-10H2,1-4H3,(H,17,18). The van der Waals surface area contributed by atoms with E-state index in [2.05, 4.69) is 38.3 Å². The van der Waals surface area contributed by atoms with E-state index < -0.39 is 0 Å². The molecule has 0 fully saturated rings. The van der Waals surface area contributed by atoms with Crippen LogP contribution in [0.15, 0.2) is 24.3 Å². The lowest BCUT2D eigenvalue weighted by molar-refractivity contribution is 0.0953. The fourth-order valence-electron chi connectivity index (χ4n) is 1.66. The Kier molecular flexibility index (Phi) is 5.86. The quantitative estimate of drug-likeness (QED) is 0.760. The second-order valence-electron chi connectivity index (χ2n) is 5.14. The third-order valence-electron chi connectivity index (χ3n) is 2.80. The van der Waals surface area contributed by atoms with Crippen molar-refractivity contribution in [3.8, 4) is 0 Å². The fourth-order valence-corrected chi connectivity index (χ4v) is 1.66. The number of hydrogen-bond acceptors (Lipinski definition) is 2. The van der Waals surface area contributed by atoms with Crippen molar-refractivity contribution in [3.63, 3.8) is 0 Å². The van der Waals surface area contributed by atoms with Crippen molar-refractivity contribution < 1.29 is 4.79 Å². The molecule has 0 saturated carbocycles. The summed E-state index contributed by atoms with van der Waals surface area (Å²) in [6.07, 6.45) is 0. The first-order chi connectivity index (χ1) is 8.50. The van der Waals surface area contributed by atoms with Gasteiger partial charge in [-0.15, -0.1) is 0 Å². The number of carbonyl (C=O) groups excluding carboxylic acids is 1. The first-order valence-corrected chi connectivity index (χ1v) is 6.62. The number of amides is 1. The lowest BCUT2D eigenvalue weighted by atomic mass is 10.0. The molecule has 1 aromatic carbocycles. The van der Waals surface area contributed by atoms with E-state index in [9.17, 15) is 4.79 Å². The van der Waals surface area contributed by atoms with Crippen LogP contribution in [0.25, 0.3) is 0 Å². The smallest absolute Gasteiger partial charge is 0.251 e. The molecule has 0 aromatic heterocycles. The van der Waals surface area contributed by atoms with Crippen molar-refractivity contribution in [1.29, 1.82) is 0 Å². The van der Waals surface area contributed by atoms with Crippen molar-refractivity contribution in [2.45, 2.75) is 39.7 Å². The molecular formula is C15H24N2O. The molecule has 1 amide bonds. The first-order valence-electron chi connectivity index (χ1n) is 6.62. The van der Waals surface area contributed by atoms with Crippen LogP contribution in [0.5, 0.6) is 0 Å². The van der Waals surface area contributed by atoms with Crippen molar-refractivity contribution >= 4 is 5.91 Å². The minimum absolute atomic E-state index is 0.00383. The summed E-state index contributed by atoms with van der Waals surface area (Å²) in [4.78, 5) is 11.8. The van der Waals surface area contributed by atoms with E-state index in [0.717, 1.165) is 12.1 Å². The Morgan fingerprint density at radius 1 is 1.06 bits per heavy atom. The molecule has 3 nitrogen and oxygen atoms in total. The summed E-state index contributed by atoms with van der Waals surface area (Å²) in [6, 6.07) is 8.27. The molecule has 0 heterocycles. The van der Waals surface area contributed by atoms with Gasteiger partial charge in [-0.3, -0.25) is 4.79 Å². The Balaban J connectivity index is 2.42. The average molecular weight is 248 g/mol. The number of rotatable bonds is 6. The third kappa shape index (κ3) is 4.88. The predicted octanol–water partition coefficient (Wildman–Crippen LogP) is 2.54. The van der Waals surface area contributed by atoms with E-state index in [-0.39, 0.29) is 5.91 Å². The molecule has 18 heavy (non-hydrogen) atoms. The number of carbonyl (C=O) groups is 1. The molecule has 0 bridgehead atoms. The normalized spacial score (nSPS) is 11.0. The minimum Gasteiger partial charge on any atom is -0.351 e. The Hall–Kier alpha value is -1.35. The Bertz CT molecular complexity index is 369. The molecule has 1 rings (SSSR count). The van der Waals surface area contributed by atoms with Gasteiger partial charge in [-0.2, -0.15) is 0 Å². The van der Waals surface area contributed by atoms with Gasteiger partial charge in [0.05, 0.1) is 0 Å². The van der Waals surface area contributed by atoms with E-state index in [1.54, 1.807) is 0 Å². The summed E-state index contributed by atoms with van der Waals surface area (Å²) >= 11 is 0. The molecule has 1 aromatic rings. The zero-order chi connectivity index (χ0) is 13.5. The van der Waals surface area contributed by atoms with Crippen molar-refractivity contribution in [1.82, 2.24) is 10.6 Å². The topological polar surface area (TPSA) is 41.1 Å². The van der Waals surface area contributed by atoms with Gasteiger partial charge in [0.25, 0.3) is 5.91 Å². The van der Waals surface area contributed by atoms with E-state index >= 15 is 0 Å². The number of nitrogens with one attached hydrogen (secondary N) is 2. The molecule has 0 aliphatic rings. The highest BCUT2D eigenvalue weighted by Gasteiger charge is 2.05. The SMILES string of the molecule is CC(C)NCCNC(=O)c1ccc(C(C)C)cc1. The summed E-state index contributed by atoms with van der Waals surface area (Å²) in [5.41, 5.74) is 1.98. The molecule has 0 aliphatic carbocycles. The van der Waals surface area contributed by atoms with Gasteiger partial charge in [-0.25, -0.2) is 0 Å². The maximum absolute atomic E-state index is 11.8. The Morgan fingerprint density at radius 2 is 1.67 bits per heavy atom. The van der Waals surface area contributed by atoms with Crippen LogP contribution in [0.1, 0.15) is 49.5 Å². The largest absolute Gasteiger partial charge is 0.351 e. The van der Waals surface area contributed by atoms with Crippen LogP contribution in [-0.2, 0) is 0 Å². The fraction of sp³-hybridized carbons (Fsp3) is 0.533. The zero-order valence-electron chi connectivity index (χ0n) is 11.8. The maximum atomic E-state index is 11.8.